The first-order valence-electron chi connectivity index (χ1n) is 6.03. The van der Waals surface area contributed by atoms with Crippen molar-refractivity contribution in [3.05, 3.63) is 35.4 Å². The van der Waals surface area contributed by atoms with Gasteiger partial charge in [0.05, 0.1) is 0 Å². The molecule has 0 aromatic heterocycles. The Morgan fingerprint density at radius 3 is 2.47 bits per heavy atom. The van der Waals surface area contributed by atoms with Gasteiger partial charge in [0.2, 0.25) is 0 Å². The lowest BCUT2D eigenvalue weighted by molar-refractivity contribution is 0.0953. The standard InChI is InChI=1S/C13H18N4O2/c1-3-5-9(2)16-17-13(19)11-7-4-6-10(8-11)12(18)15-14/h4,6-8H,3,5,14H2,1-2H3,(H,15,18)(H,17,19). The van der Waals surface area contributed by atoms with Crippen LogP contribution in [-0.2, 0) is 0 Å². The smallest absolute Gasteiger partial charge is 0.271 e. The minimum Gasteiger partial charge on any atom is -0.290 e. The van der Waals surface area contributed by atoms with Gasteiger partial charge in [-0.3, -0.25) is 15.0 Å². The molecule has 0 fully saturated rings. The zero-order valence-corrected chi connectivity index (χ0v) is 11.1. The molecule has 0 aliphatic carbocycles. The molecule has 2 amide bonds. The van der Waals surface area contributed by atoms with Crippen molar-refractivity contribution in [1.29, 1.82) is 0 Å². The molecule has 0 saturated carbocycles. The van der Waals surface area contributed by atoms with E-state index in [1.54, 1.807) is 18.2 Å². The number of carbonyl (C=O) groups is 2. The fourth-order valence-electron chi connectivity index (χ4n) is 1.51. The molecule has 0 aliphatic rings. The van der Waals surface area contributed by atoms with E-state index in [4.69, 9.17) is 5.84 Å². The molecule has 1 aromatic rings. The molecule has 6 heteroatoms. The average Bonchev–Trinajstić information content (AvgIpc) is 2.44. The van der Waals surface area contributed by atoms with Crippen LogP contribution in [0.5, 0.6) is 0 Å². The number of rotatable bonds is 5. The van der Waals surface area contributed by atoms with Gasteiger partial charge in [-0.05, 0) is 31.5 Å². The fraction of sp³-hybridized carbons (Fsp3) is 0.308. The Kier molecular flexibility index (Phi) is 5.69. The monoisotopic (exact) mass is 262 g/mol. The third-order valence-electron chi connectivity index (χ3n) is 2.48. The summed E-state index contributed by atoms with van der Waals surface area (Å²) in [5.41, 5.74) is 6.00. The minimum atomic E-state index is -0.444. The van der Waals surface area contributed by atoms with Crippen LogP contribution in [-0.4, -0.2) is 17.5 Å². The summed E-state index contributed by atoms with van der Waals surface area (Å²) in [6.07, 6.45) is 1.80. The normalized spacial score (nSPS) is 11.0. The van der Waals surface area contributed by atoms with E-state index >= 15 is 0 Å². The summed E-state index contributed by atoms with van der Waals surface area (Å²) >= 11 is 0. The van der Waals surface area contributed by atoms with Gasteiger partial charge in [-0.15, -0.1) is 0 Å². The molecule has 6 nitrogen and oxygen atoms in total. The molecule has 0 bridgehead atoms. The number of nitrogens with zero attached hydrogens (tertiary/aromatic N) is 1. The Morgan fingerprint density at radius 2 is 1.89 bits per heavy atom. The Morgan fingerprint density at radius 1 is 1.26 bits per heavy atom. The fourth-order valence-corrected chi connectivity index (χ4v) is 1.51. The molecule has 0 atom stereocenters. The third-order valence-corrected chi connectivity index (χ3v) is 2.48. The number of hydrazine groups is 1. The van der Waals surface area contributed by atoms with Gasteiger partial charge in [0.1, 0.15) is 0 Å². The number of hydrogen-bond donors (Lipinski definition) is 3. The van der Waals surface area contributed by atoms with Crippen molar-refractivity contribution in [2.45, 2.75) is 26.7 Å². The third kappa shape index (κ3) is 4.51. The van der Waals surface area contributed by atoms with E-state index < -0.39 is 5.91 Å². The second-order valence-corrected chi connectivity index (χ2v) is 4.09. The number of benzene rings is 1. The molecule has 0 heterocycles. The topological polar surface area (TPSA) is 96.6 Å². The van der Waals surface area contributed by atoms with Crippen molar-refractivity contribution < 1.29 is 9.59 Å². The highest BCUT2D eigenvalue weighted by Gasteiger charge is 2.09. The lowest BCUT2D eigenvalue weighted by Crippen LogP contribution is -2.30. The van der Waals surface area contributed by atoms with Gasteiger partial charge in [-0.1, -0.05) is 19.4 Å². The summed E-state index contributed by atoms with van der Waals surface area (Å²) in [7, 11) is 0. The Balaban J connectivity index is 2.77. The van der Waals surface area contributed by atoms with Crippen LogP contribution < -0.4 is 16.7 Å². The van der Waals surface area contributed by atoms with Crippen LogP contribution in [0.3, 0.4) is 0 Å². The number of nitrogens with one attached hydrogen (secondary N) is 2. The summed E-state index contributed by atoms with van der Waals surface area (Å²) in [4.78, 5) is 23.2. The molecule has 1 aromatic carbocycles. The summed E-state index contributed by atoms with van der Waals surface area (Å²) in [5, 5.41) is 3.98. The van der Waals surface area contributed by atoms with Crippen LogP contribution in [0.4, 0.5) is 0 Å². The second kappa shape index (κ2) is 7.27. The molecule has 102 valence electrons. The lowest BCUT2D eigenvalue weighted by Gasteiger charge is -2.04. The van der Waals surface area contributed by atoms with Crippen LogP contribution in [0.15, 0.2) is 29.4 Å². The van der Waals surface area contributed by atoms with Crippen molar-refractivity contribution in [2.24, 2.45) is 10.9 Å². The molecule has 0 aliphatic heterocycles. The van der Waals surface area contributed by atoms with E-state index in [2.05, 4.69) is 10.5 Å². The van der Waals surface area contributed by atoms with Crippen LogP contribution in [0, 0.1) is 0 Å². The van der Waals surface area contributed by atoms with Crippen LogP contribution in [0.2, 0.25) is 0 Å². The number of nitrogen functional groups attached to an aromatic ring is 1. The van der Waals surface area contributed by atoms with Crippen LogP contribution in [0.25, 0.3) is 0 Å². The zero-order valence-electron chi connectivity index (χ0n) is 11.1. The molecule has 19 heavy (non-hydrogen) atoms. The van der Waals surface area contributed by atoms with Crippen molar-refractivity contribution in [1.82, 2.24) is 10.9 Å². The van der Waals surface area contributed by atoms with E-state index in [1.165, 1.54) is 6.07 Å². The van der Waals surface area contributed by atoms with Gasteiger partial charge in [0, 0.05) is 16.8 Å². The number of amides is 2. The Hall–Kier alpha value is -2.21. The molecular weight excluding hydrogens is 244 g/mol. The van der Waals surface area contributed by atoms with Gasteiger partial charge in [-0.25, -0.2) is 11.3 Å². The van der Waals surface area contributed by atoms with E-state index in [0.29, 0.717) is 11.1 Å². The largest absolute Gasteiger partial charge is 0.290 e. The van der Waals surface area contributed by atoms with Crippen LogP contribution in [0.1, 0.15) is 47.4 Å². The van der Waals surface area contributed by atoms with Gasteiger partial charge in [-0.2, -0.15) is 5.10 Å². The summed E-state index contributed by atoms with van der Waals surface area (Å²) in [5.74, 6) is 4.24. The summed E-state index contributed by atoms with van der Waals surface area (Å²) in [6, 6.07) is 6.25. The second-order valence-electron chi connectivity index (χ2n) is 4.09. The lowest BCUT2D eigenvalue weighted by atomic mass is 10.1. The van der Waals surface area contributed by atoms with Gasteiger partial charge < -0.3 is 0 Å². The van der Waals surface area contributed by atoms with Crippen molar-refractivity contribution in [3.8, 4) is 0 Å². The minimum absolute atomic E-state index is 0.324. The molecule has 4 N–H and O–H groups in total. The van der Waals surface area contributed by atoms with Crippen LogP contribution >= 0.6 is 0 Å². The molecule has 0 spiro atoms. The maximum Gasteiger partial charge on any atom is 0.271 e. The first-order valence-corrected chi connectivity index (χ1v) is 6.03. The zero-order chi connectivity index (χ0) is 14.3. The van der Waals surface area contributed by atoms with Gasteiger partial charge in [0.25, 0.3) is 11.8 Å². The first kappa shape index (κ1) is 14.8. The summed E-state index contributed by atoms with van der Waals surface area (Å²) < 4.78 is 0. The van der Waals surface area contributed by atoms with Gasteiger partial charge in [0.15, 0.2) is 0 Å². The Bertz CT molecular complexity index is 497. The molecular formula is C13H18N4O2. The van der Waals surface area contributed by atoms with E-state index in [1.807, 2.05) is 19.3 Å². The number of nitrogens with two attached hydrogens (primary N) is 1. The predicted molar refractivity (Wildman–Crippen MR) is 73.6 cm³/mol. The van der Waals surface area contributed by atoms with Crippen molar-refractivity contribution in [3.63, 3.8) is 0 Å². The molecule has 0 radical (unpaired) electrons. The maximum absolute atomic E-state index is 11.8. The first-order chi connectivity index (χ1) is 9.08. The molecule has 0 saturated heterocycles. The molecule has 1 rings (SSSR count). The predicted octanol–water partition coefficient (Wildman–Crippen LogP) is 1.20. The maximum atomic E-state index is 11.8. The quantitative estimate of drug-likeness (QED) is 0.322. The number of hydrazone groups is 1. The SMILES string of the molecule is CCCC(C)=NNC(=O)c1cccc(C(=O)NN)c1. The molecule has 0 unspecified atom stereocenters. The number of hydrogen-bond acceptors (Lipinski definition) is 4. The van der Waals surface area contributed by atoms with Gasteiger partial charge >= 0.3 is 0 Å². The van der Waals surface area contributed by atoms with E-state index in [9.17, 15) is 9.59 Å². The highest BCUT2D eigenvalue weighted by atomic mass is 16.2. The average molecular weight is 262 g/mol. The highest BCUT2D eigenvalue weighted by Crippen LogP contribution is 2.05. The van der Waals surface area contributed by atoms with E-state index in [-0.39, 0.29) is 5.91 Å². The van der Waals surface area contributed by atoms with Crippen molar-refractivity contribution in [2.75, 3.05) is 0 Å². The summed E-state index contributed by atoms with van der Waals surface area (Å²) in [6.45, 7) is 3.89. The Labute approximate surface area is 112 Å². The van der Waals surface area contributed by atoms with Crippen molar-refractivity contribution >= 4 is 17.5 Å². The van der Waals surface area contributed by atoms with E-state index in [0.717, 1.165) is 18.6 Å². The number of carbonyl (C=O) groups excluding carboxylic acids is 2. The highest BCUT2D eigenvalue weighted by molar-refractivity contribution is 5.99.